The lowest BCUT2D eigenvalue weighted by atomic mass is 9.99. The topological polar surface area (TPSA) is 80.2 Å². The number of thioether (sulfide) groups is 1. The third-order valence-electron chi connectivity index (χ3n) is 6.73. The molecule has 0 aliphatic carbocycles. The molecule has 1 unspecified atom stereocenters. The van der Waals surface area contributed by atoms with Gasteiger partial charge in [0, 0.05) is 66.2 Å². The average molecular weight is 523 g/mol. The molecule has 2 aromatic carbocycles. The van der Waals surface area contributed by atoms with Crippen LogP contribution in [0, 0.1) is 0 Å². The second kappa shape index (κ2) is 9.87. The van der Waals surface area contributed by atoms with E-state index >= 15 is 0 Å². The number of hydrogen-bond acceptors (Lipinski definition) is 5. The standard InChI is InChI=1S/C30H26N4O3S/c1-33(2)29(36)27-26(23-15-21(10-11-24(23)32-27)37-17-19-7-4-3-5-8-19)28(35)22-12-14-34-25(22)18-38-30(34)20-9-6-13-31-16-20/h3-16,30,32H,17-18H2,1-2H3. The number of pyridine rings is 1. The van der Waals surface area contributed by atoms with Crippen molar-refractivity contribution in [2.45, 2.75) is 17.7 Å². The molecule has 5 aromatic rings. The van der Waals surface area contributed by atoms with Gasteiger partial charge in [-0.2, -0.15) is 0 Å². The quantitative estimate of drug-likeness (QED) is 0.279. The van der Waals surface area contributed by atoms with Crippen molar-refractivity contribution in [1.82, 2.24) is 19.4 Å². The van der Waals surface area contributed by atoms with E-state index in [-0.39, 0.29) is 22.8 Å². The molecule has 190 valence electrons. The number of H-pyrrole nitrogens is 1. The second-order valence-electron chi connectivity index (χ2n) is 9.42. The van der Waals surface area contributed by atoms with E-state index in [1.807, 2.05) is 79.1 Å². The van der Waals surface area contributed by atoms with E-state index in [9.17, 15) is 9.59 Å². The summed E-state index contributed by atoms with van der Waals surface area (Å²) in [5.41, 5.74) is 5.05. The van der Waals surface area contributed by atoms with Crippen LogP contribution < -0.4 is 4.74 Å². The van der Waals surface area contributed by atoms with Gasteiger partial charge >= 0.3 is 0 Å². The number of aromatic amines is 1. The number of carbonyl (C=O) groups is 2. The van der Waals surface area contributed by atoms with Gasteiger partial charge in [-0.25, -0.2) is 0 Å². The third kappa shape index (κ3) is 4.26. The number of ether oxygens (including phenoxy) is 1. The molecule has 7 nitrogen and oxygen atoms in total. The molecule has 1 amide bonds. The van der Waals surface area contributed by atoms with E-state index in [1.165, 1.54) is 4.90 Å². The molecule has 0 bridgehead atoms. The van der Waals surface area contributed by atoms with Crippen LogP contribution in [0.5, 0.6) is 5.75 Å². The van der Waals surface area contributed by atoms with Crippen molar-refractivity contribution < 1.29 is 14.3 Å². The minimum atomic E-state index is -0.255. The number of ketones is 1. The van der Waals surface area contributed by atoms with Crippen molar-refractivity contribution in [3.05, 3.63) is 119 Å². The lowest BCUT2D eigenvalue weighted by molar-refractivity contribution is 0.0817. The molecular formula is C30H26N4O3S. The summed E-state index contributed by atoms with van der Waals surface area (Å²) in [7, 11) is 3.36. The predicted molar refractivity (Wildman–Crippen MR) is 149 cm³/mol. The van der Waals surface area contributed by atoms with E-state index < -0.39 is 0 Å². The molecule has 8 heteroatoms. The van der Waals surface area contributed by atoms with Crippen LogP contribution in [-0.2, 0) is 12.4 Å². The highest BCUT2D eigenvalue weighted by Crippen LogP contribution is 2.43. The first-order chi connectivity index (χ1) is 18.5. The van der Waals surface area contributed by atoms with Crippen molar-refractivity contribution in [1.29, 1.82) is 0 Å². The fraction of sp³-hybridized carbons (Fsp3) is 0.167. The monoisotopic (exact) mass is 522 g/mol. The first-order valence-corrected chi connectivity index (χ1v) is 13.4. The Labute approximate surface area is 224 Å². The largest absolute Gasteiger partial charge is 0.489 e. The van der Waals surface area contributed by atoms with E-state index in [1.54, 1.807) is 32.1 Å². The summed E-state index contributed by atoms with van der Waals surface area (Å²) < 4.78 is 8.18. The zero-order chi connectivity index (χ0) is 26.2. The Morgan fingerprint density at radius 2 is 1.95 bits per heavy atom. The summed E-state index contributed by atoms with van der Waals surface area (Å²) in [4.78, 5) is 36.3. The molecule has 0 fully saturated rings. The van der Waals surface area contributed by atoms with Crippen molar-refractivity contribution in [2.75, 3.05) is 14.1 Å². The molecule has 3 aromatic heterocycles. The minimum Gasteiger partial charge on any atom is -0.489 e. The Hall–Kier alpha value is -4.30. The maximum Gasteiger partial charge on any atom is 0.270 e. The molecule has 0 saturated carbocycles. The number of hydrogen-bond donors (Lipinski definition) is 1. The van der Waals surface area contributed by atoms with Crippen molar-refractivity contribution >= 4 is 34.4 Å². The van der Waals surface area contributed by atoms with Gasteiger partial charge in [0.15, 0.2) is 5.78 Å². The van der Waals surface area contributed by atoms with Gasteiger partial charge in [0.05, 0.1) is 5.56 Å². The van der Waals surface area contributed by atoms with Crippen molar-refractivity contribution in [3.8, 4) is 5.75 Å². The first kappa shape index (κ1) is 24.1. The van der Waals surface area contributed by atoms with Crippen molar-refractivity contribution in [2.24, 2.45) is 0 Å². The number of benzene rings is 2. The maximum absolute atomic E-state index is 14.2. The molecule has 38 heavy (non-hydrogen) atoms. The van der Waals surface area contributed by atoms with Crippen LogP contribution in [0.1, 0.15) is 48.6 Å². The summed E-state index contributed by atoms with van der Waals surface area (Å²) in [6.45, 7) is 0.406. The Kier molecular flexibility index (Phi) is 6.25. The van der Waals surface area contributed by atoms with Gasteiger partial charge in [0.25, 0.3) is 5.91 Å². The number of rotatable bonds is 7. The summed E-state index contributed by atoms with van der Waals surface area (Å²) in [5, 5.41) is 0.726. The molecule has 1 aliphatic heterocycles. The van der Waals surface area contributed by atoms with Crippen LogP contribution in [0.3, 0.4) is 0 Å². The van der Waals surface area contributed by atoms with Crippen LogP contribution in [0.25, 0.3) is 10.9 Å². The number of fused-ring (bicyclic) bond motifs is 2. The molecule has 4 heterocycles. The molecular weight excluding hydrogens is 496 g/mol. The molecule has 1 N–H and O–H groups in total. The van der Waals surface area contributed by atoms with E-state index in [2.05, 4.69) is 14.5 Å². The summed E-state index contributed by atoms with van der Waals surface area (Å²) >= 11 is 1.75. The smallest absolute Gasteiger partial charge is 0.270 e. The number of amides is 1. The van der Waals surface area contributed by atoms with E-state index in [4.69, 9.17) is 4.74 Å². The SMILES string of the molecule is CN(C)C(=O)c1[nH]c2ccc(OCc3ccccc3)cc2c1C(=O)c1ccn2c1CSC2c1cccnc1. The second-order valence-corrected chi connectivity index (χ2v) is 10.5. The van der Waals surface area contributed by atoms with Gasteiger partial charge in [0.2, 0.25) is 0 Å². The summed E-state index contributed by atoms with van der Waals surface area (Å²) in [6.07, 6.45) is 5.57. The zero-order valence-electron chi connectivity index (χ0n) is 21.0. The predicted octanol–water partition coefficient (Wildman–Crippen LogP) is 5.67. The summed E-state index contributed by atoms with van der Waals surface area (Å²) in [6, 6.07) is 21.3. The minimum absolute atomic E-state index is 0.0593. The summed E-state index contributed by atoms with van der Waals surface area (Å²) in [5.74, 6) is 0.892. The fourth-order valence-corrected chi connectivity index (χ4v) is 6.14. The lowest BCUT2D eigenvalue weighted by Crippen LogP contribution is -2.24. The fourth-order valence-electron chi connectivity index (χ4n) is 4.83. The van der Waals surface area contributed by atoms with E-state index in [0.717, 1.165) is 16.8 Å². The van der Waals surface area contributed by atoms with Crippen LogP contribution >= 0.6 is 11.8 Å². The Morgan fingerprint density at radius 1 is 1.11 bits per heavy atom. The molecule has 1 atom stereocenters. The number of nitrogens with one attached hydrogen (secondary N) is 1. The molecule has 1 aliphatic rings. The van der Waals surface area contributed by atoms with Crippen LogP contribution in [0.4, 0.5) is 0 Å². The van der Waals surface area contributed by atoms with Gasteiger partial charge in [-0.15, -0.1) is 11.8 Å². The highest BCUT2D eigenvalue weighted by molar-refractivity contribution is 7.99. The highest BCUT2D eigenvalue weighted by atomic mass is 32.2. The molecule has 6 rings (SSSR count). The molecule has 0 radical (unpaired) electrons. The van der Waals surface area contributed by atoms with Crippen molar-refractivity contribution in [3.63, 3.8) is 0 Å². The maximum atomic E-state index is 14.2. The van der Waals surface area contributed by atoms with Gasteiger partial charge in [-0.05, 0) is 35.9 Å². The third-order valence-corrected chi connectivity index (χ3v) is 7.99. The number of nitrogens with zero attached hydrogens (tertiary/aromatic N) is 3. The zero-order valence-corrected chi connectivity index (χ0v) is 21.9. The van der Waals surface area contributed by atoms with Crippen LogP contribution in [0.15, 0.2) is 85.3 Å². The molecule has 0 spiro atoms. The first-order valence-electron chi connectivity index (χ1n) is 12.3. The van der Waals surface area contributed by atoms with E-state index in [0.29, 0.717) is 40.1 Å². The number of aromatic nitrogens is 3. The van der Waals surface area contributed by atoms with Gasteiger partial charge in [-0.3, -0.25) is 14.6 Å². The lowest BCUT2D eigenvalue weighted by Gasteiger charge is -2.12. The average Bonchev–Trinajstić information content (AvgIpc) is 3.65. The molecule has 0 saturated heterocycles. The normalized spacial score (nSPS) is 14.4. The van der Waals surface area contributed by atoms with Gasteiger partial charge in [-0.1, -0.05) is 36.4 Å². The highest BCUT2D eigenvalue weighted by Gasteiger charge is 2.32. The van der Waals surface area contributed by atoms with Crippen LogP contribution in [0.2, 0.25) is 0 Å². The Bertz CT molecular complexity index is 1640. The Balaban J connectivity index is 1.40. The van der Waals surface area contributed by atoms with Gasteiger partial charge < -0.3 is 19.2 Å². The van der Waals surface area contributed by atoms with Crippen LogP contribution in [-0.4, -0.2) is 45.2 Å². The Morgan fingerprint density at radius 3 is 2.71 bits per heavy atom. The number of carbonyl (C=O) groups excluding carboxylic acids is 2. The van der Waals surface area contributed by atoms with Gasteiger partial charge in [0.1, 0.15) is 23.4 Å².